The highest BCUT2D eigenvalue weighted by atomic mass is 16.6. The van der Waals surface area contributed by atoms with Gasteiger partial charge >= 0.3 is 12.2 Å². The molecular formula is C16H16NO2+. The maximum atomic E-state index is 12.1. The van der Waals surface area contributed by atoms with E-state index in [1.54, 1.807) is 12.1 Å². The van der Waals surface area contributed by atoms with Crippen LogP contribution in [0.15, 0.2) is 73.1 Å². The molecule has 0 aliphatic heterocycles. The van der Waals surface area contributed by atoms with Crippen LogP contribution in [0.2, 0.25) is 0 Å². The van der Waals surface area contributed by atoms with Crippen molar-refractivity contribution in [2.24, 2.45) is 0 Å². The molecular weight excluding hydrogens is 238 g/mol. The number of pyridine rings is 1. The lowest BCUT2D eigenvalue weighted by molar-refractivity contribution is -0.747. The number of rotatable bonds is 4. The van der Waals surface area contributed by atoms with Crippen molar-refractivity contribution in [1.82, 2.24) is 0 Å². The predicted octanol–water partition coefficient (Wildman–Crippen LogP) is 2.91. The Bertz CT molecular complexity index is 564. The van der Waals surface area contributed by atoms with Crippen molar-refractivity contribution in [3.05, 3.63) is 78.6 Å². The maximum absolute atomic E-state index is 12.1. The Balaban J connectivity index is 2.19. The number of ether oxygens (including phenoxy) is 1. The average molecular weight is 254 g/mol. The van der Waals surface area contributed by atoms with Crippen LogP contribution in [0.1, 0.15) is 23.5 Å². The Morgan fingerprint density at radius 3 is 2.26 bits per heavy atom. The van der Waals surface area contributed by atoms with E-state index in [4.69, 9.17) is 4.74 Å². The second kappa shape index (κ2) is 5.96. The summed E-state index contributed by atoms with van der Waals surface area (Å²) in [6, 6.07) is 14.6. The molecule has 3 nitrogen and oxygen atoms in total. The number of hydrogen-bond acceptors (Lipinski definition) is 2. The van der Waals surface area contributed by atoms with Gasteiger partial charge in [0.25, 0.3) is 0 Å². The molecule has 0 amide bonds. The van der Waals surface area contributed by atoms with Crippen molar-refractivity contribution in [2.75, 3.05) is 0 Å². The summed E-state index contributed by atoms with van der Waals surface area (Å²) >= 11 is 0. The topological polar surface area (TPSA) is 30.2 Å². The van der Waals surface area contributed by atoms with E-state index in [0.29, 0.717) is 5.56 Å². The van der Waals surface area contributed by atoms with E-state index >= 15 is 0 Å². The summed E-state index contributed by atoms with van der Waals surface area (Å²) in [5.41, 5.74) is 1.30. The van der Waals surface area contributed by atoms with Crippen LogP contribution in [0.5, 0.6) is 0 Å². The lowest BCUT2D eigenvalue weighted by atomic mass is 10.2. The second-order valence-electron chi connectivity index (χ2n) is 4.29. The third-order valence-corrected chi connectivity index (χ3v) is 2.66. The van der Waals surface area contributed by atoms with Crippen LogP contribution in [0.3, 0.4) is 0 Å². The minimum Gasteiger partial charge on any atom is -0.395 e. The lowest BCUT2D eigenvalue weighted by Crippen LogP contribution is -2.41. The Kier molecular flexibility index (Phi) is 4.08. The van der Waals surface area contributed by atoms with Crippen molar-refractivity contribution in [1.29, 1.82) is 0 Å². The highest BCUT2D eigenvalue weighted by Crippen LogP contribution is 2.13. The molecule has 0 N–H and O–H groups in total. The molecule has 0 fully saturated rings. The van der Waals surface area contributed by atoms with Crippen molar-refractivity contribution < 1.29 is 14.1 Å². The first-order valence-electron chi connectivity index (χ1n) is 6.05. The highest BCUT2D eigenvalue weighted by molar-refractivity contribution is 5.89. The standard InChI is InChI=1S/C16H16NO2/c1-13(2)15(17-11-7-4-8-12-17)19-16(18)14-9-5-3-6-10-14/h3-12,15H,1H2,2H3/q+1. The Hall–Kier alpha value is -2.42. The third-order valence-electron chi connectivity index (χ3n) is 2.66. The minimum atomic E-state index is -0.492. The zero-order valence-electron chi connectivity index (χ0n) is 10.8. The molecule has 0 saturated carbocycles. The van der Waals surface area contributed by atoms with Crippen molar-refractivity contribution >= 4 is 5.97 Å². The fourth-order valence-electron chi connectivity index (χ4n) is 1.73. The van der Waals surface area contributed by atoms with E-state index in [2.05, 4.69) is 6.58 Å². The van der Waals surface area contributed by atoms with Crippen LogP contribution in [-0.2, 0) is 4.74 Å². The van der Waals surface area contributed by atoms with Gasteiger partial charge in [0.2, 0.25) is 0 Å². The summed E-state index contributed by atoms with van der Waals surface area (Å²) in [6.45, 7) is 5.72. The fraction of sp³-hybridized carbons (Fsp3) is 0.125. The van der Waals surface area contributed by atoms with Crippen LogP contribution in [0, 0.1) is 0 Å². The van der Waals surface area contributed by atoms with Crippen molar-refractivity contribution in [3.8, 4) is 0 Å². The first kappa shape index (κ1) is 13.0. The van der Waals surface area contributed by atoms with E-state index in [1.165, 1.54) is 0 Å². The fourth-order valence-corrected chi connectivity index (χ4v) is 1.73. The molecule has 1 aromatic heterocycles. The van der Waals surface area contributed by atoms with Crippen molar-refractivity contribution in [3.63, 3.8) is 0 Å². The first-order valence-corrected chi connectivity index (χ1v) is 6.05. The maximum Gasteiger partial charge on any atom is 0.343 e. The van der Waals surface area contributed by atoms with Crippen molar-refractivity contribution in [2.45, 2.75) is 13.2 Å². The molecule has 96 valence electrons. The van der Waals surface area contributed by atoms with E-state index < -0.39 is 6.23 Å². The third kappa shape index (κ3) is 3.28. The SMILES string of the molecule is C=C(C)C(OC(=O)c1ccccc1)[n+]1ccccc1. The van der Waals surface area contributed by atoms with Crippen LogP contribution < -0.4 is 4.57 Å². The molecule has 1 unspecified atom stereocenters. The van der Waals surface area contributed by atoms with E-state index in [0.717, 1.165) is 5.57 Å². The molecule has 2 rings (SSSR count). The van der Waals surface area contributed by atoms with Gasteiger partial charge in [0.1, 0.15) is 0 Å². The molecule has 1 heterocycles. The van der Waals surface area contributed by atoms with Crippen LogP contribution in [-0.4, -0.2) is 5.97 Å². The molecule has 1 atom stereocenters. The van der Waals surface area contributed by atoms with Gasteiger partial charge in [-0.3, -0.25) is 0 Å². The quantitative estimate of drug-likeness (QED) is 0.477. The van der Waals surface area contributed by atoms with Gasteiger partial charge < -0.3 is 4.74 Å². The summed E-state index contributed by atoms with van der Waals surface area (Å²) in [7, 11) is 0. The predicted molar refractivity (Wildman–Crippen MR) is 72.3 cm³/mol. The zero-order valence-corrected chi connectivity index (χ0v) is 10.8. The molecule has 19 heavy (non-hydrogen) atoms. The average Bonchev–Trinajstić information content (AvgIpc) is 2.46. The Morgan fingerprint density at radius 2 is 1.68 bits per heavy atom. The van der Waals surface area contributed by atoms with E-state index in [-0.39, 0.29) is 5.97 Å². The van der Waals surface area contributed by atoms with Gasteiger partial charge in [0.15, 0.2) is 12.4 Å². The molecule has 0 bridgehead atoms. The van der Waals surface area contributed by atoms with Gasteiger partial charge in [0.05, 0.1) is 5.56 Å². The van der Waals surface area contributed by atoms with Gasteiger partial charge in [-0.2, -0.15) is 4.57 Å². The van der Waals surface area contributed by atoms with Gasteiger partial charge in [-0.15, -0.1) is 0 Å². The summed E-state index contributed by atoms with van der Waals surface area (Å²) in [6.07, 6.45) is 3.20. The molecule has 1 aromatic carbocycles. The highest BCUT2D eigenvalue weighted by Gasteiger charge is 2.24. The van der Waals surface area contributed by atoms with Crippen LogP contribution >= 0.6 is 0 Å². The second-order valence-corrected chi connectivity index (χ2v) is 4.29. The molecule has 0 radical (unpaired) electrons. The van der Waals surface area contributed by atoms with Crippen LogP contribution in [0.25, 0.3) is 0 Å². The Labute approximate surface area is 112 Å². The number of hydrogen-bond donors (Lipinski definition) is 0. The molecule has 0 aliphatic carbocycles. The molecule has 0 saturated heterocycles. The number of esters is 1. The summed E-state index contributed by atoms with van der Waals surface area (Å²) in [5.74, 6) is -0.357. The van der Waals surface area contributed by atoms with E-state index in [1.807, 2.05) is 60.3 Å². The van der Waals surface area contributed by atoms with Gasteiger partial charge in [0, 0.05) is 17.7 Å². The number of aromatic nitrogens is 1. The smallest absolute Gasteiger partial charge is 0.343 e. The number of carbonyl (C=O) groups excluding carboxylic acids is 1. The lowest BCUT2D eigenvalue weighted by Gasteiger charge is -2.13. The van der Waals surface area contributed by atoms with Gasteiger partial charge in [-0.1, -0.05) is 30.8 Å². The van der Waals surface area contributed by atoms with E-state index in [9.17, 15) is 4.79 Å². The molecule has 3 heteroatoms. The molecule has 0 spiro atoms. The summed E-state index contributed by atoms with van der Waals surface area (Å²) in [4.78, 5) is 12.1. The Morgan fingerprint density at radius 1 is 1.11 bits per heavy atom. The van der Waals surface area contributed by atoms with Gasteiger partial charge in [-0.05, 0) is 19.1 Å². The molecule has 0 aliphatic rings. The minimum absolute atomic E-state index is 0.357. The summed E-state index contributed by atoms with van der Waals surface area (Å²) < 4.78 is 7.32. The summed E-state index contributed by atoms with van der Waals surface area (Å²) in [5, 5.41) is 0. The molecule has 2 aromatic rings. The monoisotopic (exact) mass is 254 g/mol. The normalized spacial score (nSPS) is 11.6. The van der Waals surface area contributed by atoms with Gasteiger partial charge in [-0.25, -0.2) is 4.79 Å². The zero-order chi connectivity index (χ0) is 13.7. The number of carbonyl (C=O) groups is 1. The van der Waals surface area contributed by atoms with Crippen LogP contribution in [0.4, 0.5) is 0 Å². The number of benzene rings is 1. The number of nitrogens with zero attached hydrogens (tertiary/aromatic N) is 1. The first-order chi connectivity index (χ1) is 9.18. The largest absolute Gasteiger partial charge is 0.395 e.